The fourth-order valence-corrected chi connectivity index (χ4v) is 2.10. The van der Waals surface area contributed by atoms with Gasteiger partial charge in [0.15, 0.2) is 0 Å². The number of hydrogen-bond donors (Lipinski definition) is 1. The molecule has 1 unspecified atom stereocenters. The Kier molecular flexibility index (Phi) is 2.90. The molecule has 3 heteroatoms. The monoisotopic (exact) mass is 204 g/mol. The molecule has 0 aliphatic carbocycles. The molecule has 1 fully saturated rings. The van der Waals surface area contributed by atoms with Crippen molar-refractivity contribution < 1.29 is 4.79 Å². The van der Waals surface area contributed by atoms with Gasteiger partial charge in [0.25, 0.3) is 0 Å². The van der Waals surface area contributed by atoms with Gasteiger partial charge in [0.05, 0.1) is 0 Å². The quantitative estimate of drug-likeness (QED) is 0.743. The first kappa shape index (κ1) is 10.0. The third-order valence-corrected chi connectivity index (χ3v) is 2.96. The molecule has 1 atom stereocenters. The minimum atomic E-state index is 0.0356. The molecule has 1 N–H and O–H groups in total. The van der Waals surface area contributed by atoms with E-state index in [1.165, 1.54) is 5.56 Å². The van der Waals surface area contributed by atoms with Crippen molar-refractivity contribution in [3.8, 4) is 0 Å². The first-order valence-electron chi connectivity index (χ1n) is 5.33. The molecule has 0 aromatic heterocycles. The Morgan fingerprint density at radius 1 is 1.40 bits per heavy atom. The third kappa shape index (κ3) is 2.12. The van der Waals surface area contributed by atoms with Gasteiger partial charge in [0, 0.05) is 26.1 Å². The van der Waals surface area contributed by atoms with E-state index in [2.05, 4.69) is 29.6 Å². The Morgan fingerprint density at radius 2 is 2.13 bits per heavy atom. The molecular formula is C12H16N2O. The molecule has 1 aromatic rings. The van der Waals surface area contributed by atoms with Crippen molar-refractivity contribution in [3.63, 3.8) is 0 Å². The van der Waals surface area contributed by atoms with Crippen molar-refractivity contribution in [2.24, 2.45) is 0 Å². The first-order chi connectivity index (χ1) is 7.31. The molecule has 80 valence electrons. The molecule has 3 nitrogen and oxygen atoms in total. The number of hydrogen-bond acceptors (Lipinski definition) is 1. The molecule has 1 saturated heterocycles. The van der Waals surface area contributed by atoms with Crippen molar-refractivity contribution >= 4 is 6.03 Å². The Bertz CT molecular complexity index is 337. The van der Waals surface area contributed by atoms with Crippen LogP contribution in [0.25, 0.3) is 0 Å². The van der Waals surface area contributed by atoms with Crippen LogP contribution in [0.1, 0.15) is 17.9 Å². The number of carbonyl (C=O) groups is 1. The smallest absolute Gasteiger partial charge is 0.317 e. The van der Waals surface area contributed by atoms with Crippen molar-refractivity contribution in [1.29, 1.82) is 0 Å². The lowest BCUT2D eigenvalue weighted by molar-refractivity contribution is 0.210. The van der Waals surface area contributed by atoms with Crippen LogP contribution in [0.2, 0.25) is 0 Å². The molecule has 0 spiro atoms. The van der Waals surface area contributed by atoms with E-state index in [0.29, 0.717) is 5.92 Å². The minimum Gasteiger partial charge on any atom is -0.341 e. The number of nitrogens with one attached hydrogen (secondary N) is 1. The predicted molar refractivity (Wildman–Crippen MR) is 59.8 cm³/mol. The molecule has 1 aliphatic rings. The van der Waals surface area contributed by atoms with Crippen LogP contribution in [0.4, 0.5) is 4.79 Å². The highest BCUT2D eigenvalue weighted by molar-refractivity contribution is 5.74. The molecule has 0 bridgehead atoms. The number of amides is 2. The van der Waals surface area contributed by atoms with E-state index in [4.69, 9.17) is 0 Å². The van der Waals surface area contributed by atoms with Crippen molar-refractivity contribution in [2.75, 3.05) is 20.1 Å². The van der Waals surface area contributed by atoms with Crippen LogP contribution in [0, 0.1) is 0 Å². The summed E-state index contributed by atoms with van der Waals surface area (Å²) in [5.74, 6) is 0.503. The zero-order valence-corrected chi connectivity index (χ0v) is 8.94. The molecule has 0 saturated carbocycles. The molecule has 15 heavy (non-hydrogen) atoms. The second kappa shape index (κ2) is 4.34. The van der Waals surface area contributed by atoms with Crippen LogP contribution in [0.15, 0.2) is 30.3 Å². The fourth-order valence-electron chi connectivity index (χ4n) is 2.10. The normalized spacial score (nSPS) is 20.3. The number of rotatable bonds is 1. The van der Waals surface area contributed by atoms with E-state index in [9.17, 15) is 4.79 Å². The van der Waals surface area contributed by atoms with Gasteiger partial charge in [-0.2, -0.15) is 0 Å². The Balaban J connectivity index is 2.02. The summed E-state index contributed by atoms with van der Waals surface area (Å²) in [6.07, 6.45) is 1.07. The molecule has 1 aromatic carbocycles. The van der Waals surface area contributed by atoms with Gasteiger partial charge < -0.3 is 10.2 Å². The van der Waals surface area contributed by atoms with E-state index in [1.807, 2.05) is 11.0 Å². The van der Waals surface area contributed by atoms with Crippen molar-refractivity contribution in [2.45, 2.75) is 12.3 Å². The summed E-state index contributed by atoms with van der Waals surface area (Å²) < 4.78 is 0. The van der Waals surface area contributed by atoms with Gasteiger partial charge >= 0.3 is 6.03 Å². The number of urea groups is 1. The largest absolute Gasteiger partial charge is 0.341 e. The van der Waals surface area contributed by atoms with Crippen LogP contribution >= 0.6 is 0 Å². The molecule has 1 heterocycles. The summed E-state index contributed by atoms with van der Waals surface area (Å²) in [5, 5.41) is 2.67. The van der Waals surface area contributed by atoms with E-state index in [-0.39, 0.29) is 6.03 Å². The summed E-state index contributed by atoms with van der Waals surface area (Å²) in [5.41, 5.74) is 1.34. The zero-order valence-electron chi connectivity index (χ0n) is 8.94. The number of likely N-dealkylation sites (tertiary alicyclic amines) is 1. The number of nitrogens with zero attached hydrogens (tertiary/aromatic N) is 1. The summed E-state index contributed by atoms with van der Waals surface area (Å²) >= 11 is 0. The summed E-state index contributed by atoms with van der Waals surface area (Å²) in [4.78, 5) is 13.3. The highest BCUT2D eigenvalue weighted by Gasteiger charge is 2.26. The molecule has 2 rings (SSSR count). The van der Waals surface area contributed by atoms with E-state index in [0.717, 1.165) is 19.5 Å². The topological polar surface area (TPSA) is 32.3 Å². The minimum absolute atomic E-state index is 0.0356. The Labute approximate surface area is 90.1 Å². The van der Waals surface area contributed by atoms with Gasteiger partial charge in [-0.05, 0) is 12.0 Å². The summed E-state index contributed by atoms with van der Waals surface area (Å²) in [7, 11) is 1.68. The lowest BCUT2D eigenvalue weighted by atomic mass is 9.99. The maximum absolute atomic E-state index is 11.4. The maximum atomic E-state index is 11.4. The highest BCUT2D eigenvalue weighted by Crippen LogP contribution is 2.26. The number of benzene rings is 1. The van der Waals surface area contributed by atoms with E-state index in [1.54, 1.807) is 7.05 Å². The average Bonchev–Trinajstić information content (AvgIpc) is 2.78. The molecule has 0 radical (unpaired) electrons. The number of carbonyl (C=O) groups excluding carboxylic acids is 1. The lowest BCUT2D eigenvalue weighted by Gasteiger charge is -2.15. The molecule has 2 amide bonds. The van der Waals surface area contributed by atoms with Gasteiger partial charge in [0.2, 0.25) is 0 Å². The van der Waals surface area contributed by atoms with E-state index < -0.39 is 0 Å². The predicted octanol–water partition coefficient (Wildman–Crippen LogP) is 1.82. The van der Waals surface area contributed by atoms with Crippen LogP contribution in [-0.2, 0) is 0 Å². The van der Waals surface area contributed by atoms with Gasteiger partial charge in [-0.3, -0.25) is 0 Å². The SMILES string of the molecule is CNC(=O)N1CCC(c2ccccc2)C1. The van der Waals surface area contributed by atoms with Crippen molar-refractivity contribution in [1.82, 2.24) is 10.2 Å². The standard InChI is InChI=1S/C12H16N2O/c1-13-12(15)14-8-7-11(9-14)10-5-3-2-4-6-10/h2-6,11H,7-9H2,1H3,(H,13,15). The van der Waals surface area contributed by atoms with Crippen LogP contribution in [0.5, 0.6) is 0 Å². The second-order valence-corrected chi connectivity index (χ2v) is 3.90. The Hall–Kier alpha value is -1.51. The van der Waals surface area contributed by atoms with Crippen LogP contribution in [-0.4, -0.2) is 31.1 Å². The second-order valence-electron chi connectivity index (χ2n) is 3.90. The maximum Gasteiger partial charge on any atom is 0.317 e. The van der Waals surface area contributed by atoms with Gasteiger partial charge in [-0.15, -0.1) is 0 Å². The third-order valence-electron chi connectivity index (χ3n) is 2.96. The van der Waals surface area contributed by atoms with E-state index >= 15 is 0 Å². The zero-order chi connectivity index (χ0) is 10.7. The van der Waals surface area contributed by atoms with Gasteiger partial charge in [0.1, 0.15) is 0 Å². The van der Waals surface area contributed by atoms with Crippen LogP contribution in [0.3, 0.4) is 0 Å². The Morgan fingerprint density at radius 3 is 2.80 bits per heavy atom. The average molecular weight is 204 g/mol. The lowest BCUT2D eigenvalue weighted by Crippen LogP contribution is -2.36. The fraction of sp³-hybridized carbons (Fsp3) is 0.417. The summed E-state index contributed by atoms with van der Waals surface area (Å²) in [6.45, 7) is 1.70. The van der Waals surface area contributed by atoms with Gasteiger partial charge in [-0.1, -0.05) is 30.3 Å². The van der Waals surface area contributed by atoms with Gasteiger partial charge in [-0.25, -0.2) is 4.79 Å². The molecular weight excluding hydrogens is 188 g/mol. The first-order valence-corrected chi connectivity index (χ1v) is 5.33. The summed E-state index contributed by atoms with van der Waals surface area (Å²) in [6, 6.07) is 10.4. The van der Waals surface area contributed by atoms with Crippen molar-refractivity contribution in [3.05, 3.63) is 35.9 Å². The highest BCUT2D eigenvalue weighted by atomic mass is 16.2. The molecule has 1 aliphatic heterocycles. The van der Waals surface area contributed by atoms with Crippen LogP contribution < -0.4 is 5.32 Å².